The smallest absolute Gasteiger partial charge is 0.220 e. The molecule has 0 aliphatic carbocycles. The van der Waals surface area contributed by atoms with Gasteiger partial charge in [0.25, 0.3) is 0 Å². The summed E-state index contributed by atoms with van der Waals surface area (Å²) in [5.41, 5.74) is 5.68. The Morgan fingerprint density at radius 2 is 0.760 bits per heavy atom. The molecule has 0 aliphatic heterocycles. The molecule has 0 radical (unpaired) electrons. The van der Waals surface area contributed by atoms with Crippen molar-refractivity contribution >= 4 is 11.8 Å². The number of nitrogens with one attached hydrogen (secondary N) is 1. The molecule has 3 N–H and O–H groups in total. The van der Waals surface area contributed by atoms with Crippen molar-refractivity contribution < 1.29 is 9.59 Å². The molecule has 0 heterocycles. The highest BCUT2D eigenvalue weighted by Crippen LogP contribution is 2.17. The van der Waals surface area contributed by atoms with E-state index in [0.29, 0.717) is 19.4 Å². The molecule has 0 aromatic carbocycles. The first-order valence-electron chi connectivity index (χ1n) is 22.5. The maximum Gasteiger partial charge on any atom is 0.220 e. The van der Waals surface area contributed by atoms with Crippen LogP contribution in [0.3, 0.4) is 0 Å². The van der Waals surface area contributed by atoms with Crippen LogP contribution in [0.15, 0.2) is 24.3 Å². The van der Waals surface area contributed by atoms with Crippen LogP contribution in [0.2, 0.25) is 0 Å². The first kappa shape index (κ1) is 48.4. The summed E-state index contributed by atoms with van der Waals surface area (Å²) in [5, 5.41) is 3.03. The first-order chi connectivity index (χ1) is 24.6. The Balaban J connectivity index is 3.50. The molecule has 1 atom stereocenters. The van der Waals surface area contributed by atoms with Gasteiger partial charge in [-0.2, -0.15) is 0 Å². The monoisotopic (exact) mass is 701 g/mol. The second-order valence-corrected chi connectivity index (χ2v) is 15.4. The van der Waals surface area contributed by atoms with Crippen molar-refractivity contribution in [2.24, 2.45) is 11.7 Å². The van der Waals surface area contributed by atoms with Crippen LogP contribution in [0.1, 0.15) is 245 Å². The van der Waals surface area contributed by atoms with Crippen molar-refractivity contribution in [3.05, 3.63) is 24.3 Å². The zero-order valence-corrected chi connectivity index (χ0v) is 33.9. The van der Waals surface area contributed by atoms with Crippen molar-refractivity contribution in [1.29, 1.82) is 0 Å². The summed E-state index contributed by atoms with van der Waals surface area (Å²) in [4.78, 5) is 24.2. The average molecular weight is 701 g/mol. The van der Waals surface area contributed by atoms with Gasteiger partial charge in [0, 0.05) is 18.9 Å². The average Bonchev–Trinajstić information content (AvgIpc) is 3.11. The van der Waals surface area contributed by atoms with Crippen molar-refractivity contribution in [1.82, 2.24) is 5.32 Å². The van der Waals surface area contributed by atoms with Crippen LogP contribution in [0, 0.1) is 5.92 Å². The molecule has 0 aromatic heterocycles. The predicted octanol–water partition coefficient (Wildman–Crippen LogP) is 14.4. The highest BCUT2D eigenvalue weighted by molar-refractivity contribution is 5.77. The third-order valence-corrected chi connectivity index (χ3v) is 10.4. The number of primary amides is 1. The van der Waals surface area contributed by atoms with Gasteiger partial charge in [-0.25, -0.2) is 0 Å². The van der Waals surface area contributed by atoms with Gasteiger partial charge in [-0.1, -0.05) is 192 Å². The molecule has 0 bridgehead atoms. The minimum Gasteiger partial charge on any atom is -0.369 e. The Kier molecular flexibility index (Phi) is 40.5. The van der Waals surface area contributed by atoms with E-state index in [0.717, 1.165) is 25.7 Å². The fraction of sp³-hybridized carbons (Fsp3) is 0.870. The molecule has 0 aromatic rings. The third-order valence-electron chi connectivity index (χ3n) is 10.4. The molecule has 0 saturated carbocycles. The Bertz CT molecular complexity index is 761. The van der Waals surface area contributed by atoms with Crippen molar-refractivity contribution in [3.8, 4) is 0 Å². The van der Waals surface area contributed by atoms with Crippen LogP contribution in [0.5, 0.6) is 0 Å². The lowest BCUT2D eigenvalue weighted by molar-refractivity contribution is -0.123. The van der Waals surface area contributed by atoms with Crippen molar-refractivity contribution in [2.75, 3.05) is 6.54 Å². The quantitative estimate of drug-likeness (QED) is 0.0492. The molecule has 0 fully saturated rings. The molecule has 294 valence electrons. The van der Waals surface area contributed by atoms with Gasteiger partial charge in [0.1, 0.15) is 0 Å². The maximum atomic E-state index is 12.3. The topological polar surface area (TPSA) is 72.2 Å². The minimum absolute atomic E-state index is 0.115. The Morgan fingerprint density at radius 3 is 1.12 bits per heavy atom. The molecule has 0 spiro atoms. The minimum atomic E-state index is -0.212. The van der Waals surface area contributed by atoms with Crippen molar-refractivity contribution in [2.45, 2.75) is 245 Å². The number of carbonyl (C=O) groups excluding carboxylic acids is 2. The standard InChI is InChI=1S/C46H88N2O2/c1-3-5-7-9-11-13-15-17-19-21-23-25-27-29-31-33-35-37-39-41-45(49)48-43-42-44(46(47)50)40-38-36-34-32-30-28-26-24-22-20-18-16-14-12-10-8-6-4-2/h17-20,44H,3-16,21-43H2,1-2H3,(H2,47,50)(H,48,49)/b19-17-,20-18-. The van der Waals surface area contributed by atoms with Gasteiger partial charge < -0.3 is 11.1 Å². The fourth-order valence-electron chi connectivity index (χ4n) is 6.96. The number of hydrogen-bond acceptors (Lipinski definition) is 2. The summed E-state index contributed by atoms with van der Waals surface area (Å²) in [7, 11) is 0. The zero-order chi connectivity index (χ0) is 36.4. The lowest BCUT2D eigenvalue weighted by atomic mass is 9.96. The lowest BCUT2D eigenvalue weighted by Gasteiger charge is -2.14. The molecule has 1 unspecified atom stereocenters. The lowest BCUT2D eigenvalue weighted by Crippen LogP contribution is -2.30. The van der Waals surface area contributed by atoms with E-state index in [1.165, 1.54) is 193 Å². The number of rotatable bonds is 41. The Morgan fingerprint density at radius 1 is 0.440 bits per heavy atom. The van der Waals surface area contributed by atoms with Crippen molar-refractivity contribution in [3.63, 3.8) is 0 Å². The number of unbranched alkanes of at least 4 members (excludes halogenated alkanes) is 29. The van der Waals surface area contributed by atoms with E-state index in [1.807, 2.05) is 0 Å². The molecule has 0 aliphatic rings. The van der Waals surface area contributed by atoms with E-state index < -0.39 is 0 Å². The van der Waals surface area contributed by atoms with Gasteiger partial charge in [-0.15, -0.1) is 0 Å². The molecule has 0 rings (SSSR count). The third kappa shape index (κ3) is 39.2. The molecule has 4 heteroatoms. The van der Waals surface area contributed by atoms with Gasteiger partial charge in [-0.3, -0.25) is 9.59 Å². The number of amides is 2. The second kappa shape index (κ2) is 41.8. The maximum absolute atomic E-state index is 12.3. The van der Waals surface area contributed by atoms with Gasteiger partial charge >= 0.3 is 0 Å². The molecular weight excluding hydrogens is 613 g/mol. The summed E-state index contributed by atoms with van der Waals surface area (Å²) in [6.07, 6.45) is 54.8. The van der Waals surface area contributed by atoms with E-state index in [-0.39, 0.29) is 17.7 Å². The van der Waals surface area contributed by atoms with E-state index in [2.05, 4.69) is 43.5 Å². The fourth-order valence-corrected chi connectivity index (χ4v) is 6.96. The normalized spacial score (nSPS) is 12.4. The summed E-state index contributed by atoms with van der Waals surface area (Å²) in [6, 6.07) is 0. The number of nitrogens with two attached hydrogens (primary N) is 1. The molecular formula is C46H88N2O2. The summed E-state index contributed by atoms with van der Waals surface area (Å²) >= 11 is 0. The van der Waals surface area contributed by atoms with E-state index in [9.17, 15) is 9.59 Å². The zero-order valence-electron chi connectivity index (χ0n) is 33.9. The number of allylic oxidation sites excluding steroid dienone is 4. The van der Waals surface area contributed by atoms with Crippen LogP contribution in [-0.4, -0.2) is 18.4 Å². The van der Waals surface area contributed by atoms with Crippen LogP contribution in [0.4, 0.5) is 0 Å². The highest BCUT2D eigenvalue weighted by Gasteiger charge is 2.15. The Hall–Kier alpha value is -1.58. The summed E-state index contributed by atoms with van der Waals surface area (Å²) in [5.74, 6) is -0.204. The van der Waals surface area contributed by atoms with Gasteiger partial charge in [0.2, 0.25) is 11.8 Å². The van der Waals surface area contributed by atoms with Crippen LogP contribution in [0.25, 0.3) is 0 Å². The molecule has 4 nitrogen and oxygen atoms in total. The van der Waals surface area contributed by atoms with Crippen LogP contribution < -0.4 is 11.1 Å². The molecule has 2 amide bonds. The van der Waals surface area contributed by atoms with E-state index in [1.54, 1.807) is 0 Å². The molecule has 50 heavy (non-hydrogen) atoms. The van der Waals surface area contributed by atoms with E-state index in [4.69, 9.17) is 5.73 Å². The predicted molar refractivity (Wildman–Crippen MR) is 222 cm³/mol. The Labute approximate surface area is 313 Å². The SMILES string of the molecule is CCCCCCCC/C=C\CCCCCCCCCCCC(=O)NCCC(CCCCCCCCCC/C=C\CCCCCCCC)C(N)=O. The largest absolute Gasteiger partial charge is 0.369 e. The number of carbonyl (C=O) groups is 2. The first-order valence-corrected chi connectivity index (χ1v) is 22.5. The van der Waals surface area contributed by atoms with Crippen LogP contribution >= 0.6 is 0 Å². The second-order valence-electron chi connectivity index (χ2n) is 15.4. The van der Waals surface area contributed by atoms with Gasteiger partial charge in [0.05, 0.1) is 0 Å². The van der Waals surface area contributed by atoms with Gasteiger partial charge in [0.15, 0.2) is 0 Å². The molecule has 0 saturated heterocycles. The summed E-state index contributed by atoms with van der Waals surface area (Å²) in [6.45, 7) is 5.12. The highest BCUT2D eigenvalue weighted by atomic mass is 16.2. The van der Waals surface area contributed by atoms with Gasteiger partial charge in [-0.05, 0) is 70.6 Å². The summed E-state index contributed by atoms with van der Waals surface area (Å²) < 4.78 is 0. The number of hydrogen-bond donors (Lipinski definition) is 2. The van der Waals surface area contributed by atoms with Crippen LogP contribution in [-0.2, 0) is 9.59 Å². The van der Waals surface area contributed by atoms with E-state index >= 15 is 0 Å².